The summed E-state index contributed by atoms with van der Waals surface area (Å²) >= 11 is 6.16. The average Bonchev–Trinajstić information content (AvgIpc) is 3.08. The first-order chi connectivity index (χ1) is 13.0. The van der Waals surface area contributed by atoms with E-state index >= 15 is 0 Å². The quantitative estimate of drug-likeness (QED) is 0.596. The van der Waals surface area contributed by atoms with Crippen LogP contribution in [0.4, 0.5) is 0 Å². The smallest absolute Gasteiger partial charge is 0.361 e. The second-order valence-corrected chi connectivity index (χ2v) is 6.18. The van der Waals surface area contributed by atoms with Crippen molar-refractivity contribution in [2.45, 2.75) is 13.5 Å². The molecule has 0 unspecified atom stereocenters. The molecule has 1 aromatic heterocycles. The molecule has 27 heavy (non-hydrogen) atoms. The molecule has 6 nitrogen and oxygen atoms in total. The maximum Gasteiger partial charge on any atom is 0.361 e. The second-order valence-electron chi connectivity index (χ2n) is 5.78. The number of methoxy groups -OCH3 is 1. The summed E-state index contributed by atoms with van der Waals surface area (Å²) in [5.74, 6) is 0.0199. The summed E-state index contributed by atoms with van der Waals surface area (Å²) in [4.78, 5) is 12.4. The van der Waals surface area contributed by atoms with Crippen molar-refractivity contribution in [2.24, 2.45) is 0 Å². The normalized spacial score (nSPS) is 10.5. The van der Waals surface area contributed by atoms with Gasteiger partial charge in [-0.1, -0.05) is 53.7 Å². The van der Waals surface area contributed by atoms with Gasteiger partial charge < -0.3 is 9.47 Å². The van der Waals surface area contributed by atoms with Crippen LogP contribution in [0.15, 0.2) is 49.0 Å². The maximum absolute atomic E-state index is 12.4. The van der Waals surface area contributed by atoms with E-state index in [-0.39, 0.29) is 12.3 Å². The lowest BCUT2D eigenvalue weighted by Crippen LogP contribution is -2.08. The van der Waals surface area contributed by atoms with E-state index in [2.05, 4.69) is 16.9 Å². The van der Waals surface area contributed by atoms with Crippen molar-refractivity contribution in [3.63, 3.8) is 0 Å². The number of hydrogen-bond donors (Lipinski definition) is 0. The van der Waals surface area contributed by atoms with E-state index in [1.165, 1.54) is 4.68 Å². The molecule has 0 amide bonds. The molecule has 2 aromatic carbocycles. The zero-order chi connectivity index (χ0) is 19.4. The second kappa shape index (κ2) is 8.05. The highest BCUT2D eigenvalue weighted by atomic mass is 35.5. The van der Waals surface area contributed by atoms with E-state index < -0.39 is 5.97 Å². The van der Waals surface area contributed by atoms with Crippen LogP contribution >= 0.6 is 11.6 Å². The summed E-state index contributed by atoms with van der Waals surface area (Å²) in [7, 11) is 1.54. The maximum atomic E-state index is 12.4. The highest BCUT2D eigenvalue weighted by molar-refractivity contribution is 6.32. The highest BCUT2D eigenvalue weighted by Crippen LogP contribution is 2.27. The van der Waals surface area contributed by atoms with E-state index in [9.17, 15) is 4.79 Å². The van der Waals surface area contributed by atoms with Crippen LogP contribution in [-0.2, 0) is 11.3 Å². The standard InChI is InChI=1S/C20H18ClN3O3/c1-4-14-5-7-15(8-6-14)12-27-20(25)19-13(2)24(23-22-19)16-9-10-18(26-3)17(21)11-16/h4-11H,1,12H2,2-3H3. The van der Waals surface area contributed by atoms with Crippen LogP contribution in [0.1, 0.15) is 27.3 Å². The van der Waals surface area contributed by atoms with Gasteiger partial charge >= 0.3 is 5.97 Å². The van der Waals surface area contributed by atoms with Gasteiger partial charge in [-0.25, -0.2) is 9.48 Å². The van der Waals surface area contributed by atoms with Crippen LogP contribution in [0.5, 0.6) is 5.75 Å². The fourth-order valence-corrected chi connectivity index (χ4v) is 2.77. The third-order valence-electron chi connectivity index (χ3n) is 4.05. The third kappa shape index (κ3) is 4.01. The first kappa shape index (κ1) is 18.7. The molecule has 1 heterocycles. The monoisotopic (exact) mass is 383 g/mol. The van der Waals surface area contributed by atoms with Crippen LogP contribution in [0.2, 0.25) is 5.02 Å². The van der Waals surface area contributed by atoms with Gasteiger partial charge in [0.05, 0.1) is 23.5 Å². The molecule has 7 heteroatoms. The Labute approximate surface area is 162 Å². The van der Waals surface area contributed by atoms with Crippen molar-refractivity contribution >= 4 is 23.6 Å². The number of carbonyl (C=O) groups excluding carboxylic acids is 1. The summed E-state index contributed by atoms with van der Waals surface area (Å²) in [5, 5.41) is 8.43. The summed E-state index contributed by atoms with van der Waals surface area (Å²) < 4.78 is 12.0. The number of nitrogens with zero attached hydrogens (tertiary/aromatic N) is 3. The summed E-state index contributed by atoms with van der Waals surface area (Å²) in [5.41, 5.74) is 3.26. The van der Waals surface area contributed by atoms with Crippen molar-refractivity contribution in [3.8, 4) is 11.4 Å². The van der Waals surface area contributed by atoms with Gasteiger partial charge in [-0.15, -0.1) is 5.10 Å². The first-order valence-corrected chi connectivity index (χ1v) is 8.56. The van der Waals surface area contributed by atoms with Gasteiger partial charge in [-0.05, 0) is 36.2 Å². The number of halogens is 1. The minimum Gasteiger partial charge on any atom is -0.495 e. The van der Waals surface area contributed by atoms with Gasteiger partial charge in [-0.2, -0.15) is 0 Å². The Kier molecular flexibility index (Phi) is 5.57. The molecule has 0 aliphatic rings. The number of benzene rings is 2. The number of hydrogen-bond acceptors (Lipinski definition) is 5. The Morgan fingerprint density at radius 2 is 2.00 bits per heavy atom. The summed E-state index contributed by atoms with van der Waals surface area (Å²) in [6.45, 7) is 5.60. The third-order valence-corrected chi connectivity index (χ3v) is 4.35. The van der Waals surface area contributed by atoms with E-state index in [0.29, 0.717) is 22.2 Å². The molecule has 0 saturated carbocycles. The molecular weight excluding hydrogens is 366 g/mol. The molecule has 3 aromatic rings. The molecule has 0 spiro atoms. The van der Waals surface area contributed by atoms with Gasteiger partial charge in [0, 0.05) is 0 Å². The van der Waals surface area contributed by atoms with Crippen LogP contribution in [0.3, 0.4) is 0 Å². The van der Waals surface area contributed by atoms with Crippen molar-refractivity contribution in [3.05, 3.63) is 76.6 Å². The fourth-order valence-electron chi connectivity index (χ4n) is 2.52. The molecule has 0 aliphatic heterocycles. The SMILES string of the molecule is C=Cc1ccc(COC(=O)c2nnn(-c3ccc(OC)c(Cl)c3)c2C)cc1. The highest BCUT2D eigenvalue weighted by Gasteiger charge is 2.19. The van der Waals surface area contributed by atoms with Gasteiger partial charge in [0.2, 0.25) is 0 Å². The molecule has 0 N–H and O–H groups in total. The van der Waals surface area contributed by atoms with E-state index in [0.717, 1.165) is 11.1 Å². The van der Waals surface area contributed by atoms with Crippen LogP contribution in [0, 0.1) is 6.92 Å². The fraction of sp³-hybridized carbons (Fsp3) is 0.150. The number of carbonyl (C=O) groups is 1. The van der Waals surface area contributed by atoms with Gasteiger partial charge in [0.1, 0.15) is 12.4 Å². The van der Waals surface area contributed by atoms with Crippen molar-refractivity contribution in [1.29, 1.82) is 0 Å². The lowest BCUT2D eigenvalue weighted by atomic mass is 10.1. The predicted octanol–water partition coefficient (Wildman–Crippen LogP) is 4.24. The Bertz CT molecular complexity index is 981. The van der Waals surface area contributed by atoms with Crippen molar-refractivity contribution in [2.75, 3.05) is 7.11 Å². The van der Waals surface area contributed by atoms with Crippen molar-refractivity contribution < 1.29 is 14.3 Å². The van der Waals surface area contributed by atoms with Gasteiger partial charge in [0.15, 0.2) is 5.69 Å². The van der Waals surface area contributed by atoms with Crippen LogP contribution in [0.25, 0.3) is 11.8 Å². The Hall–Kier alpha value is -3.12. The zero-order valence-corrected chi connectivity index (χ0v) is 15.7. The number of ether oxygens (including phenoxy) is 2. The zero-order valence-electron chi connectivity index (χ0n) is 15.0. The molecule has 0 radical (unpaired) electrons. The average molecular weight is 384 g/mol. The van der Waals surface area contributed by atoms with E-state index in [4.69, 9.17) is 21.1 Å². The first-order valence-electron chi connectivity index (χ1n) is 8.18. The molecule has 138 valence electrons. The van der Waals surface area contributed by atoms with E-state index in [1.54, 1.807) is 38.3 Å². The van der Waals surface area contributed by atoms with Gasteiger partial charge in [-0.3, -0.25) is 0 Å². The lowest BCUT2D eigenvalue weighted by Gasteiger charge is -2.07. The van der Waals surface area contributed by atoms with Gasteiger partial charge in [0.25, 0.3) is 0 Å². The van der Waals surface area contributed by atoms with Crippen molar-refractivity contribution in [1.82, 2.24) is 15.0 Å². The molecule has 0 fully saturated rings. The minimum absolute atomic E-state index is 0.150. The topological polar surface area (TPSA) is 66.2 Å². The molecule has 3 rings (SSSR count). The molecular formula is C20H18ClN3O3. The van der Waals surface area contributed by atoms with Crippen LogP contribution in [-0.4, -0.2) is 28.1 Å². The Balaban J connectivity index is 1.74. The number of rotatable bonds is 6. The number of aromatic nitrogens is 3. The Morgan fingerprint density at radius 1 is 1.26 bits per heavy atom. The predicted molar refractivity (Wildman–Crippen MR) is 103 cm³/mol. The molecule has 0 bridgehead atoms. The largest absolute Gasteiger partial charge is 0.495 e. The lowest BCUT2D eigenvalue weighted by molar-refractivity contribution is 0.0464. The summed E-state index contributed by atoms with van der Waals surface area (Å²) in [6, 6.07) is 12.8. The summed E-state index contributed by atoms with van der Waals surface area (Å²) in [6.07, 6.45) is 1.75. The minimum atomic E-state index is -0.536. The molecule has 0 aliphatic carbocycles. The molecule has 0 saturated heterocycles. The number of esters is 1. The van der Waals surface area contributed by atoms with Crippen LogP contribution < -0.4 is 4.74 Å². The Morgan fingerprint density at radius 3 is 2.63 bits per heavy atom. The van der Waals surface area contributed by atoms with E-state index in [1.807, 2.05) is 24.3 Å². The molecule has 0 atom stereocenters.